The maximum Gasteiger partial charge on any atom is 0.310 e. The number of nitrogens with one attached hydrogen (secondary N) is 1. The summed E-state index contributed by atoms with van der Waals surface area (Å²) in [4.78, 5) is 16.0. The molecule has 0 atom stereocenters. The van der Waals surface area contributed by atoms with Crippen LogP contribution in [0.3, 0.4) is 0 Å². The number of carbonyl (C=O) groups is 1. The average molecular weight is 400 g/mol. The van der Waals surface area contributed by atoms with E-state index >= 15 is 0 Å². The van der Waals surface area contributed by atoms with Crippen molar-refractivity contribution < 1.29 is 22.1 Å². The maximum atomic E-state index is 12.1. The maximum absolute atomic E-state index is 12.1. The number of para-hydroxylation sites is 1. The molecular formula is C18H29N3O5S. The van der Waals surface area contributed by atoms with Gasteiger partial charge in [-0.3, -0.25) is 14.6 Å². The summed E-state index contributed by atoms with van der Waals surface area (Å²) < 4.78 is 34.2. The Kier molecular flexibility index (Phi) is 8.99. The lowest BCUT2D eigenvalue weighted by Crippen LogP contribution is -2.50. The van der Waals surface area contributed by atoms with Crippen molar-refractivity contribution in [3.63, 3.8) is 0 Å². The van der Waals surface area contributed by atoms with E-state index in [0.717, 1.165) is 32.6 Å². The van der Waals surface area contributed by atoms with Gasteiger partial charge in [-0.05, 0) is 18.6 Å². The number of nitrogens with zero attached hydrogens (tertiary/aromatic N) is 2. The number of piperazine rings is 1. The molecular weight excluding hydrogens is 370 g/mol. The molecule has 0 spiro atoms. The summed E-state index contributed by atoms with van der Waals surface area (Å²) in [5, 5.41) is 2.87. The van der Waals surface area contributed by atoms with Crippen LogP contribution in [0, 0.1) is 0 Å². The quantitative estimate of drug-likeness (QED) is 0.419. The van der Waals surface area contributed by atoms with Gasteiger partial charge in [0, 0.05) is 53.0 Å². The molecule has 0 radical (unpaired) electrons. The molecule has 0 saturated carbocycles. The number of amides is 1. The van der Waals surface area contributed by atoms with Gasteiger partial charge in [-0.25, -0.2) is 0 Å². The van der Waals surface area contributed by atoms with E-state index < -0.39 is 10.1 Å². The monoisotopic (exact) mass is 399 g/mol. The minimum absolute atomic E-state index is 0.0124. The predicted molar refractivity (Wildman–Crippen MR) is 103 cm³/mol. The first-order chi connectivity index (χ1) is 13.0. The molecule has 9 heteroatoms. The summed E-state index contributed by atoms with van der Waals surface area (Å²) in [6.07, 6.45) is 0.801. The van der Waals surface area contributed by atoms with E-state index in [0.29, 0.717) is 32.0 Å². The van der Waals surface area contributed by atoms with Gasteiger partial charge < -0.3 is 14.2 Å². The molecule has 0 unspecified atom stereocenters. The van der Waals surface area contributed by atoms with Gasteiger partial charge in [-0.15, -0.1) is 0 Å². The van der Waals surface area contributed by atoms with Crippen LogP contribution in [0.5, 0.6) is 5.75 Å². The molecule has 1 aliphatic heterocycles. The molecule has 1 aromatic carbocycles. The minimum Gasteiger partial charge on any atom is -0.385 e. The van der Waals surface area contributed by atoms with Gasteiger partial charge in [-0.1, -0.05) is 18.2 Å². The zero-order valence-electron chi connectivity index (χ0n) is 15.8. The Morgan fingerprint density at radius 1 is 1.11 bits per heavy atom. The number of ether oxygens (including phenoxy) is 1. The molecule has 2 rings (SSSR count). The van der Waals surface area contributed by atoms with Crippen molar-refractivity contribution >= 4 is 16.0 Å². The number of hydrogen-bond donors (Lipinski definition) is 1. The van der Waals surface area contributed by atoms with Crippen LogP contribution >= 0.6 is 0 Å². The molecule has 0 aliphatic carbocycles. The van der Waals surface area contributed by atoms with Crippen LogP contribution in [0.4, 0.5) is 0 Å². The predicted octanol–water partition coefficient (Wildman–Crippen LogP) is 0.166. The van der Waals surface area contributed by atoms with Crippen LogP contribution in [0.2, 0.25) is 0 Å². The number of rotatable bonds is 11. The zero-order chi connectivity index (χ0) is 19.5. The summed E-state index contributed by atoms with van der Waals surface area (Å²) in [6, 6.07) is 8.52. The first-order valence-electron chi connectivity index (χ1n) is 9.16. The third kappa shape index (κ3) is 8.70. The second-order valence-corrected chi connectivity index (χ2v) is 8.16. The van der Waals surface area contributed by atoms with Crippen molar-refractivity contribution in [1.29, 1.82) is 0 Å². The second kappa shape index (κ2) is 11.2. The smallest absolute Gasteiger partial charge is 0.310 e. The molecule has 8 nitrogen and oxygen atoms in total. The first kappa shape index (κ1) is 21.6. The minimum atomic E-state index is -3.61. The SMILES string of the molecule is COCCCNC(=O)CN1CCN(CCS(=O)(=O)Oc2ccccc2)CC1. The first-order valence-corrected chi connectivity index (χ1v) is 10.7. The summed E-state index contributed by atoms with van der Waals surface area (Å²) in [6.45, 7) is 5.00. The van der Waals surface area contributed by atoms with E-state index in [-0.39, 0.29) is 11.7 Å². The van der Waals surface area contributed by atoms with E-state index in [2.05, 4.69) is 15.1 Å². The molecule has 152 valence electrons. The fourth-order valence-electron chi connectivity index (χ4n) is 2.78. The normalized spacial score (nSPS) is 16.2. The molecule has 0 bridgehead atoms. The largest absolute Gasteiger partial charge is 0.385 e. The van der Waals surface area contributed by atoms with Gasteiger partial charge in [0.1, 0.15) is 5.75 Å². The van der Waals surface area contributed by atoms with Crippen LogP contribution in [0.1, 0.15) is 6.42 Å². The number of benzene rings is 1. The molecule has 1 aromatic rings. The fourth-order valence-corrected chi connectivity index (χ4v) is 3.75. The highest BCUT2D eigenvalue weighted by atomic mass is 32.2. The van der Waals surface area contributed by atoms with E-state index in [1.54, 1.807) is 37.4 Å². The second-order valence-electron chi connectivity index (χ2n) is 6.47. The summed E-state index contributed by atoms with van der Waals surface area (Å²) >= 11 is 0. The molecule has 1 saturated heterocycles. The topological polar surface area (TPSA) is 88.2 Å². The third-order valence-corrected chi connectivity index (χ3v) is 5.43. The fraction of sp³-hybridized carbons (Fsp3) is 0.611. The molecule has 1 heterocycles. The van der Waals surface area contributed by atoms with Gasteiger partial charge in [0.15, 0.2) is 0 Å². The van der Waals surface area contributed by atoms with Crippen LogP contribution in [0.25, 0.3) is 0 Å². The average Bonchev–Trinajstić information content (AvgIpc) is 2.65. The molecule has 27 heavy (non-hydrogen) atoms. The van der Waals surface area contributed by atoms with E-state index in [1.807, 2.05) is 0 Å². The highest BCUT2D eigenvalue weighted by Gasteiger charge is 2.21. The van der Waals surface area contributed by atoms with Gasteiger partial charge in [-0.2, -0.15) is 8.42 Å². The molecule has 1 amide bonds. The van der Waals surface area contributed by atoms with Crippen LogP contribution in [-0.2, 0) is 19.6 Å². The Balaban J connectivity index is 1.63. The number of hydrogen-bond acceptors (Lipinski definition) is 7. The lowest BCUT2D eigenvalue weighted by molar-refractivity contribution is -0.122. The van der Waals surface area contributed by atoms with Crippen LogP contribution in [0.15, 0.2) is 30.3 Å². The van der Waals surface area contributed by atoms with Crippen molar-refractivity contribution in [3.8, 4) is 5.75 Å². The van der Waals surface area contributed by atoms with E-state index in [4.69, 9.17) is 8.92 Å². The number of methoxy groups -OCH3 is 1. The van der Waals surface area contributed by atoms with E-state index in [9.17, 15) is 13.2 Å². The molecule has 1 fully saturated rings. The zero-order valence-corrected chi connectivity index (χ0v) is 16.6. The van der Waals surface area contributed by atoms with Crippen LogP contribution < -0.4 is 9.50 Å². The van der Waals surface area contributed by atoms with Gasteiger partial charge in [0.25, 0.3) is 0 Å². The van der Waals surface area contributed by atoms with Crippen molar-refractivity contribution in [2.45, 2.75) is 6.42 Å². The highest BCUT2D eigenvalue weighted by Crippen LogP contribution is 2.12. The Bertz CT molecular complexity index is 661. The standard InChI is InChI=1S/C18H29N3O5S/c1-25-14-5-8-19-18(22)16-21-11-9-20(10-12-21)13-15-27(23,24)26-17-6-3-2-4-7-17/h2-4,6-7H,5,8-16H2,1H3,(H,19,22). The van der Waals surface area contributed by atoms with Crippen LogP contribution in [-0.4, -0.2) is 89.4 Å². The van der Waals surface area contributed by atoms with Crippen molar-refractivity contribution in [2.75, 3.05) is 65.3 Å². The Morgan fingerprint density at radius 3 is 2.44 bits per heavy atom. The summed E-state index contributed by atoms with van der Waals surface area (Å²) in [7, 11) is -1.97. The van der Waals surface area contributed by atoms with Gasteiger partial charge in [0.05, 0.1) is 12.3 Å². The van der Waals surface area contributed by atoms with E-state index in [1.165, 1.54) is 0 Å². The van der Waals surface area contributed by atoms with Gasteiger partial charge in [0.2, 0.25) is 5.91 Å². The Labute approximate surface area is 161 Å². The summed E-state index contributed by atoms with van der Waals surface area (Å²) in [5.74, 6) is 0.291. The molecule has 1 N–H and O–H groups in total. The van der Waals surface area contributed by atoms with Crippen molar-refractivity contribution in [2.24, 2.45) is 0 Å². The Hall–Kier alpha value is -1.68. The lowest BCUT2D eigenvalue weighted by atomic mass is 10.3. The van der Waals surface area contributed by atoms with Gasteiger partial charge >= 0.3 is 10.1 Å². The molecule has 1 aliphatic rings. The van der Waals surface area contributed by atoms with Crippen molar-refractivity contribution in [1.82, 2.24) is 15.1 Å². The van der Waals surface area contributed by atoms with Crippen molar-refractivity contribution in [3.05, 3.63) is 30.3 Å². The third-order valence-electron chi connectivity index (χ3n) is 4.30. The number of carbonyl (C=O) groups excluding carboxylic acids is 1. The molecule has 0 aromatic heterocycles. The highest BCUT2D eigenvalue weighted by molar-refractivity contribution is 7.87. The Morgan fingerprint density at radius 2 is 1.78 bits per heavy atom. The lowest BCUT2D eigenvalue weighted by Gasteiger charge is -2.34. The summed E-state index contributed by atoms with van der Waals surface area (Å²) in [5.41, 5.74) is 0.